The molecule has 0 aliphatic carbocycles. The summed E-state index contributed by atoms with van der Waals surface area (Å²) >= 11 is 18.9. The van der Waals surface area contributed by atoms with Crippen molar-refractivity contribution in [1.82, 2.24) is 14.9 Å². The van der Waals surface area contributed by atoms with Gasteiger partial charge in [-0.2, -0.15) is 15.2 Å². The number of anilines is 2. The third-order valence-electron chi connectivity index (χ3n) is 7.67. The number of nitrogens with zero attached hydrogens (tertiary/aromatic N) is 5. The molecule has 1 saturated heterocycles. The molecule has 5 rings (SSSR count). The molecule has 0 spiro atoms. The van der Waals surface area contributed by atoms with Crippen molar-refractivity contribution in [2.75, 3.05) is 37.9 Å². The van der Waals surface area contributed by atoms with Gasteiger partial charge in [0.15, 0.2) is 10.7 Å². The van der Waals surface area contributed by atoms with Crippen molar-refractivity contribution in [2.45, 2.75) is 30.1 Å². The molecule has 1 aliphatic heterocycles. The SMILES string of the molecule is COc1nc(N(C)CCCC2C(C(F)F)CN2C(=O)C(Cl)Cl)c2cc(Cl)c(-c3ccc(F)c4sc(N)c(C#N)c34)c(F)c2n1. The van der Waals surface area contributed by atoms with Crippen LogP contribution in [0, 0.1) is 28.9 Å². The maximum Gasteiger partial charge on any atom is 0.318 e. The van der Waals surface area contributed by atoms with Gasteiger partial charge in [0.25, 0.3) is 5.91 Å². The summed E-state index contributed by atoms with van der Waals surface area (Å²) in [4.78, 5) is 22.4. The second-order valence-electron chi connectivity index (χ2n) is 10.2. The van der Waals surface area contributed by atoms with Crippen LogP contribution in [0.2, 0.25) is 5.02 Å². The van der Waals surface area contributed by atoms with E-state index in [0.717, 1.165) is 17.4 Å². The lowest BCUT2D eigenvalue weighted by Gasteiger charge is -2.48. The van der Waals surface area contributed by atoms with E-state index in [1.165, 1.54) is 24.1 Å². The molecule has 1 fully saturated rings. The van der Waals surface area contributed by atoms with Crippen LogP contribution >= 0.6 is 46.1 Å². The summed E-state index contributed by atoms with van der Waals surface area (Å²) in [6.07, 6.45) is -2.02. The molecule has 2 N–H and O–H groups in total. The van der Waals surface area contributed by atoms with E-state index >= 15 is 4.39 Å². The zero-order chi connectivity index (χ0) is 32.0. The van der Waals surface area contributed by atoms with E-state index in [2.05, 4.69) is 9.97 Å². The summed E-state index contributed by atoms with van der Waals surface area (Å²) in [6, 6.07) is 4.99. The zero-order valence-corrected chi connectivity index (χ0v) is 26.1. The molecule has 2 unspecified atom stereocenters. The van der Waals surface area contributed by atoms with Crippen LogP contribution in [0.3, 0.4) is 0 Å². The van der Waals surface area contributed by atoms with Crippen molar-refractivity contribution >= 4 is 83.9 Å². The predicted octanol–water partition coefficient (Wildman–Crippen LogP) is 7.02. The number of benzene rings is 2. The zero-order valence-electron chi connectivity index (χ0n) is 23.1. The largest absolute Gasteiger partial charge is 0.467 e. The first-order chi connectivity index (χ1) is 20.9. The van der Waals surface area contributed by atoms with E-state index in [9.17, 15) is 23.2 Å². The number of nitriles is 1. The highest BCUT2D eigenvalue weighted by Crippen LogP contribution is 2.45. The van der Waals surface area contributed by atoms with Crippen molar-refractivity contribution < 1.29 is 27.1 Å². The summed E-state index contributed by atoms with van der Waals surface area (Å²) in [6.45, 7) is 0.142. The van der Waals surface area contributed by atoms with Crippen molar-refractivity contribution in [3.63, 3.8) is 0 Å². The number of halogens is 7. The molecule has 44 heavy (non-hydrogen) atoms. The molecule has 0 radical (unpaired) electrons. The Balaban J connectivity index is 1.51. The van der Waals surface area contributed by atoms with Crippen LogP contribution in [-0.2, 0) is 4.79 Å². The number of alkyl halides is 4. The molecule has 2 atom stereocenters. The molecule has 0 saturated carbocycles. The van der Waals surface area contributed by atoms with Gasteiger partial charge in [-0.05, 0) is 30.5 Å². The van der Waals surface area contributed by atoms with Crippen LogP contribution in [-0.4, -0.2) is 65.3 Å². The van der Waals surface area contributed by atoms with E-state index in [1.807, 2.05) is 6.07 Å². The number of aromatic nitrogens is 2. The number of carbonyl (C=O) groups excluding carboxylic acids is 1. The molecule has 4 aromatic rings. The first-order valence-corrected chi connectivity index (χ1v) is 15.2. The molecule has 232 valence electrons. The molecule has 2 aromatic carbocycles. The molecule has 2 aromatic heterocycles. The average molecular weight is 690 g/mol. The summed E-state index contributed by atoms with van der Waals surface area (Å²) in [5, 5.41) is 10.1. The minimum atomic E-state index is -2.61. The molecular formula is C28H23Cl3F4N6O2S. The number of hydrogen-bond donors (Lipinski definition) is 1. The van der Waals surface area contributed by atoms with E-state index in [-0.39, 0.29) is 79.0 Å². The number of fused-ring (bicyclic) bond motifs is 2. The number of ether oxygens (including phenoxy) is 1. The summed E-state index contributed by atoms with van der Waals surface area (Å²) in [5.74, 6) is -2.85. The number of nitrogens with two attached hydrogens (primary N) is 1. The van der Waals surface area contributed by atoms with Gasteiger partial charge in [0.1, 0.15) is 28.2 Å². The normalized spacial score (nSPS) is 16.5. The molecule has 0 bridgehead atoms. The van der Waals surface area contributed by atoms with Crippen molar-refractivity contribution in [3.05, 3.63) is 40.4 Å². The minimum Gasteiger partial charge on any atom is -0.467 e. The fourth-order valence-corrected chi connectivity index (χ4v) is 7.01. The fraction of sp³-hybridized carbons (Fsp3) is 0.357. The summed E-state index contributed by atoms with van der Waals surface area (Å²) in [5.41, 5.74) is 5.86. The van der Waals surface area contributed by atoms with Crippen LogP contribution in [0.5, 0.6) is 6.01 Å². The number of carbonyl (C=O) groups is 1. The van der Waals surface area contributed by atoms with Crippen LogP contribution in [0.4, 0.5) is 28.4 Å². The van der Waals surface area contributed by atoms with Gasteiger partial charge in [-0.25, -0.2) is 17.6 Å². The molecule has 1 aliphatic rings. The van der Waals surface area contributed by atoms with Crippen LogP contribution in [0.1, 0.15) is 18.4 Å². The van der Waals surface area contributed by atoms with E-state index < -0.39 is 40.8 Å². The number of nitrogen functional groups attached to an aromatic ring is 1. The maximum atomic E-state index is 16.4. The fourth-order valence-electron chi connectivity index (χ4n) is 5.51. The van der Waals surface area contributed by atoms with E-state index in [4.69, 9.17) is 45.3 Å². The Labute approximate surface area is 267 Å². The van der Waals surface area contributed by atoms with Gasteiger partial charge in [-0.15, -0.1) is 11.3 Å². The van der Waals surface area contributed by atoms with Crippen LogP contribution in [0.25, 0.3) is 32.1 Å². The minimum absolute atomic E-state index is 0.00387. The third-order valence-corrected chi connectivity index (χ3v) is 9.37. The van der Waals surface area contributed by atoms with Crippen LogP contribution in [0.15, 0.2) is 18.2 Å². The number of methoxy groups -OCH3 is 1. The number of thiophene rings is 1. The topological polar surface area (TPSA) is 108 Å². The van der Waals surface area contributed by atoms with Gasteiger partial charge in [0.2, 0.25) is 6.43 Å². The molecule has 8 nitrogen and oxygen atoms in total. The highest BCUT2D eigenvalue weighted by molar-refractivity contribution is 7.23. The summed E-state index contributed by atoms with van der Waals surface area (Å²) in [7, 11) is 2.98. The Bertz CT molecular complexity index is 1820. The lowest BCUT2D eigenvalue weighted by molar-refractivity contribution is -0.150. The average Bonchev–Trinajstić information content (AvgIpc) is 3.31. The number of hydrogen-bond acceptors (Lipinski definition) is 8. The van der Waals surface area contributed by atoms with Crippen LogP contribution < -0.4 is 15.4 Å². The predicted molar refractivity (Wildman–Crippen MR) is 164 cm³/mol. The molecular weight excluding hydrogens is 667 g/mol. The Hall–Kier alpha value is -3.31. The first-order valence-electron chi connectivity index (χ1n) is 13.1. The maximum absolute atomic E-state index is 16.4. The molecule has 1 amide bonds. The standard InChI is InChI=1S/C28H23Cl3F4N6O2S/c1-40(7-3-4-17-14(24(34)35)10-41(17)27(42)23(30)31)26-12-8-15(29)19(20(33)21(12)38-28(39-26)43-2)11-5-6-16(32)22-18(11)13(9-36)25(37)44-22/h5-6,8,14,17,23-24H,3-4,7,10,37H2,1-2H3. The first kappa shape index (κ1) is 32.1. The summed E-state index contributed by atoms with van der Waals surface area (Å²) < 4.78 is 63.4. The highest BCUT2D eigenvalue weighted by atomic mass is 35.5. The third kappa shape index (κ3) is 5.53. The molecule has 3 heterocycles. The van der Waals surface area contributed by atoms with Gasteiger partial charge in [0, 0.05) is 42.5 Å². The quantitative estimate of drug-likeness (QED) is 0.149. The Morgan fingerprint density at radius 3 is 2.68 bits per heavy atom. The number of amides is 1. The Kier molecular flexibility index (Phi) is 9.18. The van der Waals surface area contributed by atoms with Gasteiger partial charge in [0.05, 0.1) is 28.3 Å². The number of likely N-dealkylation sites (tertiary alicyclic amines) is 1. The van der Waals surface area contributed by atoms with Gasteiger partial charge < -0.3 is 20.3 Å². The van der Waals surface area contributed by atoms with Gasteiger partial charge in [-0.1, -0.05) is 40.9 Å². The lowest BCUT2D eigenvalue weighted by Crippen LogP contribution is -2.62. The smallest absolute Gasteiger partial charge is 0.318 e. The monoisotopic (exact) mass is 688 g/mol. The van der Waals surface area contributed by atoms with Gasteiger partial charge in [-0.3, -0.25) is 4.79 Å². The van der Waals surface area contributed by atoms with Gasteiger partial charge >= 0.3 is 6.01 Å². The second kappa shape index (κ2) is 12.6. The van der Waals surface area contributed by atoms with Crippen molar-refractivity contribution in [3.8, 4) is 23.2 Å². The highest BCUT2D eigenvalue weighted by Gasteiger charge is 2.47. The Morgan fingerprint density at radius 1 is 1.32 bits per heavy atom. The number of rotatable bonds is 9. The molecule has 16 heteroatoms. The van der Waals surface area contributed by atoms with Crippen molar-refractivity contribution in [2.24, 2.45) is 5.92 Å². The van der Waals surface area contributed by atoms with Crippen molar-refractivity contribution in [1.29, 1.82) is 5.26 Å². The van der Waals surface area contributed by atoms with E-state index in [1.54, 1.807) is 11.9 Å². The van der Waals surface area contributed by atoms with E-state index in [0.29, 0.717) is 6.42 Å². The Morgan fingerprint density at radius 2 is 2.05 bits per heavy atom. The second-order valence-corrected chi connectivity index (χ2v) is 12.7. The lowest BCUT2D eigenvalue weighted by atomic mass is 9.85.